The van der Waals surface area contributed by atoms with Gasteiger partial charge in [0.2, 0.25) is 0 Å². The van der Waals surface area contributed by atoms with Crippen LogP contribution >= 0.6 is 23.2 Å². The smallest absolute Gasteiger partial charge is 0.384 e. The second kappa shape index (κ2) is 10.3. The highest BCUT2D eigenvalue weighted by atomic mass is 35.5. The van der Waals surface area contributed by atoms with Crippen LogP contribution in [0, 0.1) is 6.57 Å². The number of nitrogens with two attached hydrogens (primary N) is 1. The molecular weight excluding hydrogens is 327 g/mol. The number of carbonyl (C=O) groups excluding carboxylic acids is 1. The highest BCUT2D eigenvalue weighted by Crippen LogP contribution is 2.13. The van der Waals surface area contributed by atoms with Crippen LogP contribution < -0.4 is 16.5 Å². The highest BCUT2D eigenvalue weighted by Gasteiger charge is 2.01. The summed E-state index contributed by atoms with van der Waals surface area (Å²) in [5.41, 5.74) is 8.62. The first-order valence-electron chi connectivity index (χ1n) is 5.71. The molecule has 0 saturated heterocycles. The molecule has 2 amide bonds. The summed E-state index contributed by atoms with van der Waals surface area (Å²) in [7, 11) is 0. The summed E-state index contributed by atoms with van der Waals surface area (Å²) in [6.07, 6.45) is 0. The largest absolute Gasteiger partial charge is 0.412 e. The first-order chi connectivity index (χ1) is 10.0. The molecule has 22 heavy (non-hydrogen) atoms. The molecule has 0 aliphatic rings. The van der Waals surface area contributed by atoms with Gasteiger partial charge in [0.05, 0.1) is 0 Å². The van der Waals surface area contributed by atoms with E-state index in [-0.39, 0.29) is 5.48 Å². The summed E-state index contributed by atoms with van der Waals surface area (Å²) in [5, 5.41) is 3.76. The van der Waals surface area contributed by atoms with Crippen molar-refractivity contribution in [2.45, 2.75) is 0 Å². The third-order valence-corrected chi connectivity index (χ3v) is 2.63. The van der Waals surface area contributed by atoms with Crippen LogP contribution in [0.25, 0.3) is 4.95 Å². The summed E-state index contributed by atoms with van der Waals surface area (Å²) in [6.45, 7) is 6.36. The van der Waals surface area contributed by atoms with Crippen LogP contribution in [0.3, 0.4) is 0 Å². The van der Waals surface area contributed by atoms with Crippen LogP contribution in [0.1, 0.15) is 0 Å². The van der Waals surface area contributed by atoms with E-state index in [1.165, 1.54) is 0 Å². The molecule has 0 fully saturated rings. The van der Waals surface area contributed by atoms with Gasteiger partial charge in [-0.15, -0.1) is 0 Å². The van der Waals surface area contributed by atoms with Crippen LogP contribution in [0.4, 0.5) is 16.2 Å². The third-order valence-electron chi connectivity index (χ3n) is 2.13. The first-order valence-corrected chi connectivity index (χ1v) is 6.47. The second-order valence-corrected chi connectivity index (χ2v) is 4.61. The molecular formula is C14H14Cl2N4O2. The Bertz CT molecular complexity index is 604. The van der Waals surface area contributed by atoms with Gasteiger partial charge >= 0.3 is 6.03 Å². The fraction of sp³-hybridized carbons (Fsp3) is 0. The highest BCUT2D eigenvalue weighted by molar-refractivity contribution is 6.30. The zero-order valence-corrected chi connectivity index (χ0v) is 12.8. The maximum Gasteiger partial charge on any atom is 0.384 e. The average Bonchev–Trinajstić information content (AvgIpc) is 2.46. The van der Waals surface area contributed by atoms with Crippen molar-refractivity contribution in [3.05, 3.63) is 70.1 Å². The molecule has 0 heterocycles. The fourth-order valence-electron chi connectivity index (χ4n) is 1.21. The summed E-state index contributed by atoms with van der Waals surface area (Å²) < 4.78 is 0. The van der Waals surface area contributed by atoms with Gasteiger partial charge in [-0.25, -0.2) is 4.79 Å². The lowest BCUT2D eigenvalue weighted by atomic mass is 10.3. The zero-order chi connectivity index (χ0) is 15.7. The monoisotopic (exact) mass is 340 g/mol. The summed E-state index contributed by atoms with van der Waals surface area (Å²) in [6, 6.07) is 13.1. The fourth-order valence-corrected chi connectivity index (χ4v) is 1.46. The predicted octanol–water partition coefficient (Wildman–Crippen LogP) is 3.39. The summed E-state index contributed by atoms with van der Waals surface area (Å²) in [4.78, 5) is 13.5. The lowest BCUT2D eigenvalue weighted by Crippen LogP contribution is -2.22. The second-order valence-electron chi connectivity index (χ2n) is 3.74. The molecule has 0 saturated carbocycles. The van der Waals surface area contributed by atoms with Crippen molar-refractivity contribution in [3.63, 3.8) is 0 Å². The number of urea groups is 1. The maximum atomic E-state index is 10.8. The quantitative estimate of drug-likeness (QED) is 0.420. The lowest BCUT2D eigenvalue weighted by molar-refractivity contribution is 0.255. The van der Waals surface area contributed by atoms with Crippen LogP contribution in [-0.2, 0) is 0 Å². The number of benzene rings is 2. The lowest BCUT2D eigenvalue weighted by Gasteiger charge is -2.00. The van der Waals surface area contributed by atoms with Crippen LogP contribution in [0.2, 0.25) is 10.0 Å². The van der Waals surface area contributed by atoms with Crippen molar-refractivity contribution in [3.8, 4) is 0 Å². The molecule has 0 aliphatic heterocycles. The molecule has 8 heteroatoms. The van der Waals surface area contributed by atoms with Gasteiger partial charge in [0.25, 0.3) is 0 Å². The van der Waals surface area contributed by atoms with Crippen LogP contribution in [0.15, 0.2) is 48.5 Å². The Balaban J connectivity index is 0.000000423. The Morgan fingerprint density at radius 1 is 1.00 bits per heavy atom. The van der Waals surface area contributed by atoms with Gasteiger partial charge in [0.1, 0.15) is 0 Å². The van der Waals surface area contributed by atoms with E-state index in [4.69, 9.17) is 35.5 Å². The normalized spacial score (nSPS) is 8.41. The number of rotatable bonds is 1. The number of nitrogen functional groups attached to an aromatic ring is 1. The number of carbonyl (C=O) groups is 1. The van der Waals surface area contributed by atoms with Gasteiger partial charge in [-0.2, -0.15) is 11.5 Å². The van der Waals surface area contributed by atoms with E-state index in [1.54, 1.807) is 48.5 Å². The van der Waals surface area contributed by atoms with Gasteiger partial charge in [0.15, 0.2) is 0 Å². The van der Waals surface area contributed by atoms with Crippen LogP contribution in [0.5, 0.6) is 0 Å². The Morgan fingerprint density at radius 3 is 1.86 bits per heavy atom. The van der Waals surface area contributed by atoms with E-state index in [0.29, 0.717) is 10.7 Å². The summed E-state index contributed by atoms with van der Waals surface area (Å²) >= 11 is 11.2. The summed E-state index contributed by atoms with van der Waals surface area (Å²) in [5.74, 6) is 0. The number of amides is 2. The maximum absolute atomic E-state index is 10.8. The molecule has 0 radical (unpaired) electrons. The van der Waals surface area contributed by atoms with Crippen molar-refractivity contribution >= 4 is 40.6 Å². The molecule has 0 bridgehead atoms. The number of anilines is 2. The topological polar surface area (TPSA) is 103 Å². The van der Waals surface area contributed by atoms with E-state index in [0.717, 1.165) is 10.7 Å². The van der Waals surface area contributed by atoms with Gasteiger partial charge in [-0.05, 0) is 54.0 Å². The van der Waals surface area contributed by atoms with E-state index in [9.17, 15) is 4.79 Å². The average molecular weight is 341 g/mol. The van der Waals surface area contributed by atoms with E-state index >= 15 is 0 Å². The number of nitrogens with one attached hydrogen (secondary N) is 2. The Labute approximate surface area is 137 Å². The molecule has 116 valence electrons. The molecule has 0 aliphatic carbocycles. The minimum absolute atomic E-state index is 0. The molecule has 0 aromatic heterocycles. The molecule has 2 aromatic carbocycles. The van der Waals surface area contributed by atoms with E-state index < -0.39 is 6.03 Å². The molecule has 0 unspecified atom stereocenters. The molecule has 0 spiro atoms. The Hall–Kier alpha value is -2.46. The molecule has 6 N–H and O–H groups in total. The molecule has 2 rings (SSSR count). The molecule has 0 atom stereocenters. The number of nitrogens with zero attached hydrogens (tertiary/aromatic N) is 1. The molecule has 6 nitrogen and oxygen atoms in total. The Kier molecular flexibility index (Phi) is 9.14. The minimum atomic E-state index is -0.558. The zero-order valence-electron chi connectivity index (χ0n) is 11.3. The number of hydrogen-bond donors (Lipinski definition) is 3. The Morgan fingerprint density at radius 2 is 1.45 bits per heavy atom. The van der Waals surface area contributed by atoms with Gasteiger partial charge in [0, 0.05) is 21.4 Å². The van der Waals surface area contributed by atoms with Crippen molar-refractivity contribution < 1.29 is 10.3 Å². The van der Waals surface area contributed by atoms with Gasteiger partial charge in [-0.3, -0.25) is 0 Å². The van der Waals surface area contributed by atoms with Crippen molar-refractivity contribution in [1.82, 2.24) is 5.43 Å². The van der Waals surface area contributed by atoms with Crippen LogP contribution in [-0.4, -0.2) is 11.5 Å². The number of halogens is 2. The minimum Gasteiger partial charge on any atom is -0.412 e. The van der Waals surface area contributed by atoms with E-state index in [1.807, 2.05) is 5.43 Å². The first kappa shape index (κ1) is 19.5. The molecule has 2 aromatic rings. The van der Waals surface area contributed by atoms with E-state index in [2.05, 4.69) is 10.3 Å². The number of hydrogen-bond acceptors (Lipinski definition) is 2. The standard InChI is InChI=1S/C8H6ClN3O.C6H6ClN.H2O/c1-10-12-8(13)11-7-4-2-6(9)3-5-7;7-5-1-3-6(8)4-2-5;/h2-5H,(H2,11,12,13);1-4H,8H2;1H2. The SMILES string of the molecule is Nc1ccc(Cl)cc1.O.[C-]#[N+]NC(=O)Nc1ccc(Cl)cc1. The van der Waals surface area contributed by atoms with Gasteiger partial charge in [-0.1, -0.05) is 23.2 Å². The predicted molar refractivity (Wildman–Crippen MR) is 89.7 cm³/mol. The van der Waals surface area contributed by atoms with Crippen molar-refractivity contribution in [2.75, 3.05) is 11.1 Å². The van der Waals surface area contributed by atoms with Gasteiger partial charge < -0.3 is 16.5 Å². The van der Waals surface area contributed by atoms with Crippen molar-refractivity contribution in [2.24, 2.45) is 0 Å². The third kappa shape index (κ3) is 7.97. The van der Waals surface area contributed by atoms with Crippen molar-refractivity contribution in [1.29, 1.82) is 0 Å².